The molecule has 3 heterocycles. The topological polar surface area (TPSA) is 46.8 Å². The van der Waals surface area contributed by atoms with Crippen molar-refractivity contribution >= 4 is 21.9 Å². The van der Waals surface area contributed by atoms with Gasteiger partial charge in [-0.15, -0.1) is 0 Å². The van der Waals surface area contributed by atoms with Gasteiger partial charge in [-0.2, -0.15) is 18.3 Å². The first-order chi connectivity index (χ1) is 9.43. The zero-order valence-corrected chi connectivity index (χ0v) is 11.6. The number of alkyl halides is 3. The van der Waals surface area contributed by atoms with Crippen LogP contribution in [0.25, 0.3) is 0 Å². The first-order valence-electron chi connectivity index (χ1n) is 5.78. The Balaban J connectivity index is 1.71. The van der Waals surface area contributed by atoms with Gasteiger partial charge in [0.15, 0.2) is 0 Å². The summed E-state index contributed by atoms with van der Waals surface area (Å²) in [5, 5.41) is 4.15. The molecule has 1 aliphatic rings. The van der Waals surface area contributed by atoms with Gasteiger partial charge in [-0.25, -0.2) is 9.97 Å². The Morgan fingerprint density at radius 3 is 2.65 bits per heavy atom. The lowest BCUT2D eigenvalue weighted by Gasteiger charge is -2.39. The summed E-state index contributed by atoms with van der Waals surface area (Å²) >= 11 is 3.30. The molecule has 0 aromatic carbocycles. The Morgan fingerprint density at radius 1 is 1.30 bits per heavy atom. The minimum atomic E-state index is -4.45. The normalized spacial score (nSPS) is 16.3. The van der Waals surface area contributed by atoms with E-state index in [4.69, 9.17) is 0 Å². The predicted octanol–water partition coefficient (Wildman–Crippen LogP) is 2.52. The summed E-state index contributed by atoms with van der Waals surface area (Å²) in [4.78, 5) is 9.12. The lowest BCUT2D eigenvalue weighted by atomic mass is 10.1. The van der Waals surface area contributed by atoms with Crippen molar-refractivity contribution in [3.63, 3.8) is 0 Å². The lowest BCUT2D eigenvalue weighted by molar-refractivity contribution is -0.141. The molecule has 1 aliphatic heterocycles. The number of rotatable bonds is 2. The van der Waals surface area contributed by atoms with Gasteiger partial charge in [-0.05, 0) is 22.0 Å². The third kappa shape index (κ3) is 2.49. The molecular weight excluding hydrogens is 339 g/mol. The van der Waals surface area contributed by atoms with Crippen molar-refractivity contribution in [2.24, 2.45) is 0 Å². The molecule has 106 valence electrons. The van der Waals surface area contributed by atoms with E-state index in [1.807, 2.05) is 6.20 Å². The van der Waals surface area contributed by atoms with E-state index < -0.39 is 11.9 Å². The fourth-order valence-corrected chi connectivity index (χ4v) is 2.26. The van der Waals surface area contributed by atoms with Crippen LogP contribution in [0.15, 0.2) is 29.1 Å². The van der Waals surface area contributed by atoms with E-state index in [0.717, 1.165) is 16.7 Å². The molecule has 2 aromatic rings. The zero-order chi connectivity index (χ0) is 14.3. The number of hydrogen-bond acceptors (Lipinski definition) is 4. The first-order valence-corrected chi connectivity index (χ1v) is 6.57. The van der Waals surface area contributed by atoms with Gasteiger partial charge in [0.2, 0.25) is 5.95 Å². The molecule has 3 rings (SSSR count). The second kappa shape index (κ2) is 4.72. The lowest BCUT2D eigenvalue weighted by Crippen LogP contribution is -2.48. The monoisotopic (exact) mass is 347 g/mol. The SMILES string of the molecule is FC(F)(F)c1ccnc(N2CC(n3cc(Br)cn3)C2)n1. The molecule has 0 radical (unpaired) electrons. The summed E-state index contributed by atoms with van der Waals surface area (Å²) in [6, 6.07) is 0.991. The molecule has 0 aliphatic carbocycles. The van der Waals surface area contributed by atoms with Gasteiger partial charge in [-0.3, -0.25) is 4.68 Å². The highest BCUT2D eigenvalue weighted by molar-refractivity contribution is 9.10. The van der Waals surface area contributed by atoms with Gasteiger partial charge in [0.25, 0.3) is 0 Å². The van der Waals surface area contributed by atoms with Gasteiger partial charge < -0.3 is 4.90 Å². The maximum Gasteiger partial charge on any atom is 0.433 e. The number of aromatic nitrogens is 4. The molecule has 1 fully saturated rings. The largest absolute Gasteiger partial charge is 0.433 e. The number of halogens is 4. The van der Waals surface area contributed by atoms with Gasteiger partial charge in [0.1, 0.15) is 5.69 Å². The van der Waals surface area contributed by atoms with E-state index in [9.17, 15) is 13.2 Å². The van der Waals surface area contributed by atoms with Crippen LogP contribution in [0, 0.1) is 0 Å². The van der Waals surface area contributed by atoms with Crippen molar-refractivity contribution in [1.82, 2.24) is 19.7 Å². The van der Waals surface area contributed by atoms with E-state index in [2.05, 4.69) is 31.0 Å². The van der Waals surface area contributed by atoms with E-state index >= 15 is 0 Å². The van der Waals surface area contributed by atoms with Crippen LogP contribution in [0.1, 0.15) is 11.7 Å². The van der Waals surface area contributed by atoms with Crippen molar-refractivity contribution in [3.8, 4) is 0 Å². The average Bonchev–Trinajstić information content (AvgIpc) is 2.73. The Hall–Kier alpha value is -1.64. The van der Waals surface area contributed by atoms with Crippen LogP contribution in [0.4, 0.5) is 19.1 Å². The fraction of sp³-hybridized carbons (Fsp3) is 0.364. The summed E-state index contributed by atoms with van der Waals surface area (Å²) < 4.78 is 40.3. The summed E-state index contributed by atoms with van der Waals surface area (Å²) in [5.74, 6) is 0.0993. The standard InChI is InChI=1S/C11H9BrF3N5/c12-7-3-17-20(4-7)8-5-19(6-8)10-16-2-1-9(18-10)11(13,14)15/h1-4,8H,5-6H2. The summed E-state index contributed by atoms with van der Waals surface area (Å²) in [5.41, 5.74) is -0.923. The molecule has 9 heteroatoms. The minimum absolute atomic E-state index is 0.0993. The van der Waals surface area contributed by atoms with E-state index in [1.165, 1.54) is 0 Å². The molecule has 1 saturated heterocycles. The summed E-state index contributed by atoms with van der Waals surface area (Å²) in [7, 11) is 0. The van der Waals surface area contributed by atoms with Crippen molar-refractivity contribution in [1.29, 1.82) is 0 Å². The molecule has 2 aromatic heterocycles. The molecule has 0 unspecified atom stereocenters. The molecule has 5 nitrogen and oxygen atoms in total. The third-order valence-corrected chi connectivity index (χ3v) is 3.43. The molecule has 0 bridgehead atoms. The van der Waals surface area contributed by atoms with Crippen molar-refractivity contribution in [2.75, 3.05) is 18.0 Å². The van der Waals surface area contributed by atoms with Gasteiger partial charge in [0, 0.05) is 25.5 Å². The summed E-state index contributed by atoms with van der Waals surface area (Å²) in [6.07, 6.45) is 0.177. The number of nitrogens with zero attached hydrogens (tertiary/aromatic N) is 5. The molecule has 0 atom stereocenters. The van der Waals surface area contributed by atoms with Gasteiger partial charge in [0.05, 0.1) is 16.7 Å². The van der Waals surface area contributed by atoms with E-state index in [0.29, 0.717) is 13.1 Å². The highest BCUT2D eigenvalue weighted by Gasteiger charge is 2.35. The van der Waals surface area contributed by atoms with Crippen LogP contribution in [0.3, 0.4) is 0 Å². The van der Waals surface area contributed by atoms with Crippen LogP contribution in [-0.4, -0.2) is 32.8 Å². The van der Waals surface area contributed by atoms with Crippen molar-refractivity contribution in [2.45, 2.75) is 12.2 Å². The van der Waals surface area contributed by atoms with Crippen LogP contribution in [0.5, 0.6) is 0 Å². The second-order valence-electron chi connectivity index (χ2n) is 4.44. The van der Waals surface area contributed by atoms with Crippen molar-refractivity contribution < 1.29 is 13.2 Å². The predicted molar refractivity (Wildman–Crippen MR) is 68.2 cm³/mol. The minimum Gasteiger partial charge on any atom is -0.336 e. The average molecular weight is 348 g/mol. The third-order valence-electron chi connectivity index (χ3n) is 3.02. The first kappa shape index (κ1) is 13.3. The van der Waals surface area contributed by atoms with Gasteiger partial charge >= 0.3 is 6.18 Å². The van der Waals surface area contributed by atoms with Crippen LogP contribution >= 0.6 is 15.9 Å². The molecule has 20 heavy (non-hydrogen) atoms. The molecule has 0 amide bonds. The van der Waals surface area contributed by atoms with E-state index in [-0.39, 0.29) is 12.0 Å². The second-order valence-corrected chi connectivity index (χ2v) is 5.35. The Morgan fingerprint density at radius 2 is 2.05 bits per heavy atom. The maximum atomic E-state index is 12.6. The molecule has 0 saturated carbocycles. The smallest absolute Gasteiger partial charge is 0.336 e. The molecule has 0 spiro atoms. The van der Waals surface area contributed by atoms with E-state index in [1.54, 1.807) is 15.8 Å². The molecule has 0 N–H and O–H groups in total. The molecular formula is C11H9BrF3N5. The summed E-state index contributed by atoms with van der Waals surface area (Å²) in [6.45, 7) is 1.07. The van der Waals surface area contributed by atoms with Crippen molar-refractivity contribution in [3.05, 3.63) is 34.8 Å². The highest BCUT2D eigenvalue weighted by atomic mass is 79.9. The Kier molecular flexibility index (Phi) is 3.15. The zero-order valence-electron chi connectivity index (χ0n) is 10.0. The highest BCUT2D eigenvalue weighted by Crippen LogP contribution is 2.30. The number of hydrogen-bond donors (Lipinski definition) is 0. The van der Waals surface area contributed by atoms with Crippen LogP contribution in [0.2, 0.25) is 0 Å². The maximum absolute atomic E-state index is 12.6. The quantitative estimate of drug-likeness (QED) is 0.837. The number of anilines is 1. The van der Waals surface area contributed by atoms with Crippen LogP contribution < -0.4 is 4.90 Å². The van der Waals surface area contributed by atoms with Gasteiger partial charge in [-0.1, -0.05) is 0 Å². The van der Waals surface area contributed by atoms with Crippen LogP contribution in [-0.2, 0) is 6.18 Å². The Labute approximate surface area is 120 Å². The fourth-order valence-electron chi connectivity index (χ4n) is 1.96. The Bertz CT molecular complexity index is 621.